The molecule has 1 N–H and O–H groups in total. The Bertz CT molecular complexity index is 499. The number of esters is 1. The second kappa shape index (κ2) is 14.4. The van der Waals surface area contributed by atoms with Crippen molar-refractivity contribution in [2.45, 2.75) is 104 Å². The Kier molecular flexibility index (Phi) is 13.6. The summed E-state index contributed by atoms with van der Waals surface area (Å²) in [7, 11) is 0. The average molecular weight is 395 g/mol. The molecule has 4 nitrogen and oxygen atoms in total. The van der Waals surface area contributed by atoms with Gasteiger partial charge in [-0.2, -0.15) is 0 Å². The molecule has 0 amide bonds. The van der Waals surface area contributed by atoms with Gasteiger partial charge in [-0.1, -0.05) is 57.3 Å². The second-order valence-electron chi connectivity index (χ2n) is 8.42. The van der Waals surface area contributed by atoms with Gasteiger partial charge in [0.1, 0.15) is 5.60 Å². The summed E-state index contributed by atoms with van der Waals surface area (Å²) in [5, 5.41) is 9.15. The topological polar surface area (TPSA) is 63.6 Å². The highest BCUT2D eigenvalue weighted by atomic mass is 16.6. The summed E-state index contributed by atoms with van der Waals surface area (Å²) in [6, 6.07) is 0. The number of hydrogen-bond acceptors (Lipinski definition) is 3. The van der Waals surface area contributed by atoms with Crippen LogP contribution < -0.4 is 0 Å². The van der Waals surface area contributed by atoms with Crippen molar-refractivity contribution in [3.8, 4) is 0 Å². The van der Waals surface area contributed by atoms with Crippen molar-refractivity contribution in [1.29, 1.82) is 0 Å². The monoisotopic (exact) mass is 394 g/mol. The van der Waals surface area contributed by atoms with Gasteiger partial charge in [-0.05, 0) is 64.9 Å². The fourth-order valence-electron chi connectivity index (χ4n) is 3.69. The summed E-state index contributed by atoms with van der Waals surface area (Å²) in [6.45, 7) is 13.2. The molecular weight excluding hydrogens is 352 g/mol. The van der Waals surface area contributed by atoms with Crippen LogP contribution in [0.2, 0.25) is 0 Å². The quantitative estimate of drug-likeness (QED) is 0.331. The van der Waals surface area contributed by atoms with E-state index in [-0.39, 0.29) is 11.9 Å². The van der Waals surface area contributed by atoms with Gasteiger partial charge in [-0.15, -0.1) is 0 Å². The summed E-state index contributed by atoms with van der Waals surface area (Å²) < 4.78 is 5.18. The lowest BCUT2D eigenvalue weighted by molar-refractivity contribution is -0.151. The molecule has 0 aromatic carbocycles. The lowest BCUT2D eigenvalue weighted by atomic mass is 9.78. The van der Waals surface area contributed by atoms with Crippen LogP contribution in [0.3, 0.4) is 0 Å². The van der Waals surface area contributed by atoms with Gasteiger partial charge in [0.15, 0.2) is 0 Å². The maximum Gasteiger partial charge on any atom is 0.306 e. The van der Waals surface area contributed by atoms with E-state index < -0.39 is 11.6 Å². The van der Waals surface area contributed by atoms with Gasteiger partial charge in [0, 0.05) is 6.92 Å². The van der Waals surface area contributed by atoms with Crippen LogP contribution in [0.15, 0.2) is 24.3 Å². The number of carboxylic acid groups (broad SMARTS) is 1. The Morgan fingerprint density at radius 2 is 1.82 bits per heavy atom. The molecule has 0 spiro atoms. The van der Waals surface area contributed by atoms with Crippen LogP contribution in [-0.2, 0) is 14.3 Å². The van der Waals surface area contributed by atoms with Gasteiger partial charge in [0.05, 0.1) is 5.92 Å². The normalized spacial score (nSPS) is 17.3. The molecular formula is C24H42O4. The summed E-state index contributed by atoms with van der Waals surface area (Å²) in [5.41, 5.74) is 0.747. The number of unbranched alkanes of at least 4 members (excludes halogenated alkanes) is 1. The van der Waals surface area contributed by atoms with E-state index >= 15 is 0 Å². The van der Waals surface area contributed by atoms with Gasteiger partial charge >= 0.3 is 11.9 Å². The molecule has 1 fully saturated rings. The third-order valence-electron chi connectivity index (χ3n) is 5.41. The van der Waals surface area contributed by atoms with E-state index in [1.807, 2.05) is 6.92 Å². The number of ether oxygens (including phenoxy) is 1. The van der Waals surface area contributed by atoms with Crippen molar-refractivity contribution in [1.82, 2.24) is 0 Å². The highest BCUT2D eigenvalue weighted by Crippen LogP contribution is 2.32. The van der Waals surface area contributed by atoms with Crippen LogP contribution in [0.25, 0.3) is 0 Å². The molecule has 4 heteroatoms. The molecule has 28 heavy (non-hydrogen) atoms. The van der Waals surface area contributed by atoms with Crippen molar-refractivity contribution in [2.75, 3.05) is 0 Å². The minimum atomic E-state index is -0.564. The highest BCUT2D eigenvalue weighted by Gasteiger charge is 2.28. The zero-order chi connectivity index (χ0) is 21.6. The van der Waals surface area contributed by atoms with E-state index in [1.54, 1.807) is 6.08 Å². The largest absolute Gasteiger partial charge is 0.481 e. The van der Waals surface area contributed by atoms with Crippen molar-refractivity contribution >= 4 is 11.9 Å². The highest BCUT2D eigenvalue weighted by molar-refractivity contribution is 5.70. The number of carboxylic acids is 1. The summed E-state index contributed by atoms with van der Waals surface area (Å²) in [4.78, 5) is 21.9. The first-order valence-electron chi connectivity index (χ1n) is 10.8. The van der Waals surface area contributed by atoms with Crippen LogP contribution in [0.4, 0.5) is 0 Å². The van der Waals surface area contributed by atoms with Gasteiger partial charge in [0.2, 0.25) is 0 Å². The number of allylic oxidation sites excluding steroid dienone is 2. The molecule has 0 heterocycles. The predicted molar refractivity (Wildman–Crippen MR) is 116 cm³/mol. The van der Waals surface area contributed by atoms with Crippen LogP contribution in [0, 0.1) is 11.8 Å². The molecule has 1 aliphatic carbocycles. The van der Waals surface area contributed by atoms with E-state index in [4.69, 9.17) is 9.84 Å². The van der Waals surface area contributed by atoms with Crippen LogP contribution >= 0.6 is 0 Å². The lowest BCUT2D eigenvalue weighted by Crippen LogP contribution is -2.27. The fourth-order valence-corrected chi connectivity index (χ4v) is 3.69. The smallest absolute Gasteiger partial charge is 0.306 e. The summed E-state index contributed by atoms with van der Waals surface area (Å²) in [6.07, 6.45) is 14.6. The van der Waals surface area contributed by atoms with E-state index in [0.717, 1.165) is 44.9 Å². The third kappa shape index (κ3) is 12.0. The molecule has 2 atom stereocenters. The standard InChI is InChI=1S/C12H22O2.C12H20O2/c1-2-3-9-11(12(13)14)10-7-5-4-6-8-10;1-6-12(5,14-11(4)13)9-7-8-10(2)3/h10-11H,2-9H2,1H3,(H,13,14);6,8H,1,7,9H2,2-5H3. The van der Waals surface area contributed by atoms with E-state index in [2.05, 4.69) is 33.4 Å². The zero-order valence-electron chi connectivity index (χ0n) is 18.8. The molecule has 1 rings (SSSR count). The predicted octanol–water partition coefficient (Wildman–Crippen LogP) is 6.70. The first-order chi connectivity index (χ1) is 13.1. The van der Waals surface area contributed by atoms with Crippen molar-refractivity contribution in [3.05, 3.63) is 24.3 Å². The third-order valence-corrected chi connectivity index (χ3v) is 5.41. The van der Waals surface area contributed by atoms with Crippen LogP contribution in [-0.4, -0.2) is 22.6 Å². The maximum absolute atomic E-state index is 11.1. The molecule has 0 aromatic rings. The van der Waals surface area contributed by atoms with Gasteiger partial charge in [-0.25, -0.2) is 0 Å². The average Bonchev–Trinajstić information content (AvgIpc) is 2.62. The molecule has 1 aliphatic rings. The number of carbonyl (C=O) groups is 2. The Hall–Kier alpha value is -1.58. The van der Waals surface area contributed by atoms with Crippen molar-refractivity contribution < 1.29 is 19.4 Å². The molecule has 162 valence electrons. The number of carbonyl (C=O) groups excluding carboxylic acids is 1. The van der Waals surface area contributed by atoms with Gasteiger partial charge < -0.3 is 9.84 Å². The minimum absolute atomic E-state index is 0.0600. The van der Waals surface area contributed by atoms with Gasteiger partial charge in [-0.3, -0.25) is 9.59 Å². The zero-order valence-corrected chi connectivity index (χ0v) is 18.8. The minimum Gasteiger partial charge on any atom is -0.481 e. The summed E-state index contributed by atoms with van der Waals surface area (Å²) >= 11 is 0. The molecule has 0 saturated heterocycles. The Morgan fingerprint density at radius 1 is 1.21 bits per heavy atom. The fraction of sp³-hybridized carbons (Fsp3) is 0.750. The van der Waals surface area contributed by atoms with Crippen molar-refractivity contribution in [3.63, 3.8) is 0 Å². The lowest BCUT2D eigenvalue weighted by Gasteiger charge is -2.27. The van der Waals surface area contributed by atoms with E-state index in [1.165, 1.54) is 31.8 Å². The second-order valence-corrected chi connectivity index (χ2v) is 8.42. The molecule has 0 aliphatic heterocycles. The van der Waals surface area contributed by atoms with E-state index in [0.29, 0.717) is 5.92 Å². The van der Waals surface area contributed by atoms with Crippen molar-refractivity contribution in [2.24, 2.45) is 11.8 Å². The Morgan fingerprint density at radius 3 is 2.25 bits per heavy atom. The van der Waals surface area contributed by atoms with E-state index in [9.17, 15) is 9.59 Å². The Labute approximate surface area is 172 Å². The first-order valence-corrected chi connectivity index (χ1v) is 10.8. The summed E-state index contributed by atoms with van der Waals surface area (Å²) in [5.74, 6) is -0.419. The van der Waals surface area contributed by atoms with Crippen LogP contribution in [0.5, 0.6) is 0 Å². The molecule has 0 aromatic heterocycles. The number of rotatable bonds is 10. The SMILES string of the molecule is C=CC(C)(CCC=C(C)C)OC(C)=O.CCCCC(C(=O)O)C1CCCCC1. The number of hydrogen-bond donors (Lipinski definition) is 1. The van der Waals surface area contributed by atoms with Crippen LogP contribution in [0.1, 0.15) is 98.8 Å². The molecule has 0 radical (unpaired) electrons. The molecule has 0 bridgehead atoms. The van der Waals surface area contributed by atoms with Gasteiger partial charge in [0.25, 0.3) is 0 Å². The first kappa shape index (κ1) is 26.4. The molecule has 1 saturated carbocycles. The maximum atomic E-state index is 11.1. The Balaban J connectivity index is 0.000000521. The molecule has 2 unspecified atom stereocenters. The number of aliphatic carboxylic acids is 1.